The van der Waals surface area contributed by atoms with E-state index in [0.717, 1.165) is 0 Å². The van der Waals surface area contributed by atoms with Crippen molar-refractivity contribution < 1.29 is 24.1 Å². The molecule has 0 saturated carbocycles. The van der Waals surface area contributed by atoms with Gasteiger partial charge < -0.3 is 19.8 Å². The van der Waals surface area contributed by atoms with Gasteiger partial charge in [-0.3, -0.25) is 4.90 Å². The molecule has 6 nitrogen and oxygen atoms in total. The van der Waals surface area contributed by atoms with Gasteiger partial charge in [0, 0.05) is 19.1 Å². The van der Waals surface area contributed by atoms with Crippen molar-refractivity contribution in [3.05, 3.63) is 0 Å². The smallest absolute Gasteiger partial charge is 0.410 e. The highest BCUT2D eigenvalue weighted by molar-refractivity contribution is 5.68. The van der Waals surface area contributed by atoms with E-state index in [1.54, 1.807) is 25.7 Å². The first-order valence-electron chi connectivity index (χ1n) is 7.43. The monoisotopic (exact) mass is 304 g/mol. The number of halogens is 1. The van der Waals surface area contributed by atoms with Gasteiger partial charge in [0.15, 0.2) is 0 Å². The Labute approximate surface area is 124 Å². The number of ether oxygens (including phenoxy) is 1. The van der Waals surface area contributed by atoms with Crippen molar-refractivity contribution >= 4 is 6.09 Å². The van der Waals surface area contributed by atoms with Crippen LogP contribution in [0.25, 0.3) is 0 Å². The van der Waals surface area contributed by atoms with E-state index in [0.29, 0.717) is 25.9 Å². The second kappa shape index (κ2) is 6.06. The van der Waals surface area contributed by atoms with Crippen molar-refractivity contribution in [2.75, 3.05) is 19.6 Å². The summed E-state index contributed by atoms with van der Waals surface area (Å²) < 4.78 is 19.6. The van der Waals surface area contributed by atoms with E-state index in [2.05, 4.69) is 0 Å². The van der Waals surface area contributed by atoms with Gasteiger partial charge in [0.05, 0.1) is 12.6 Å². The zero-order valence-electron chi connectivity index (χ0n) is 12.8. The molecule has 2 heterocycles. The number of nitrogens with zero attached hydrogens (tertiary/aromatic N) is 2. The molecule has 2 rings (SSSR count). The summed E-state index contributed by atoms with van der Waals surface area (Å²) in [6.45, 7) is 6.13. The molecule has 7 heteroatoms. The van der Waals surface area contributed by atoms with E-state index < -0.39 is 36.2 Å². The molecule has 0 radical (unpaired) electrons. The van der Waals surface area contributed by atoms with Crippen LogP contribution in [0.2, 0.25) is 0 Å². The quantitative estimate of drug-likeness (QED) is 0.747. The van der Waals surface area contributed by atoms with Crippen molar-refractivity contribution in [1.82, 2.24) is 9.80 Å². The van der Waals surface area contributed by atoms with Crippen molar-refractivity contribution in [1.29, 1.82) is 0 Å². The van der Waals surface area contributed by atoms with Gasteiger partial charge >= 0.3 is 6.09 Å². The summed E-state index contributed by atoms with van der Waals surface area (Å²) >= 11 is 0. The Hall–Kier alpha value is -0.920. The number of aliphatic hydroxyl groups is 2. The molecule has 2 aliphatic heterocycles. The standard InChI is InChI=1S/C14H25FN2O4/c1-14(2,3)21-13(20)16-6-4-10(9(15)8-16)17-7-5-11(18)12(17)19/h9-12,18-19H,4-8H2,1-3H3/t9-,10?,11-,12?/m1/s1. The summed E-state index contributed by atoms with van der Waals surface area (Å²) in [4.78, 5) is 14.9. The first kappa shape index (κ1) is 16.5. The van der Waals surface area contributed by atoms with Gasteiger partial charge in [0.25, 0.3) is 0 Å². The van der Waals surface area contributed by atoms with Crippen molar-refractivity contribution in [2.24, 2.45) is 0 Å². The van der Waals surface area contributed by atoms with Crippen molar-refractivity contribution in [3.63, 3.8) is 0 Å². The molecule has 2 unspecified atom stereocenters. The summed E-state index contributed by atoms with van der Waals surface area (Å²) in [5.41, 5.74) is -0.602. The third kappa shape index (κ3) is 3.84. The second-order valence-corrected chi connectivity index (χ2v) is 6.81. The Morgan fingerprint density at radius 1 is 1.24 bits per heavy atom. The van der Waals surface area contributed by atoms with Gasteiger partial charge in [-0.2, -0.15) is 0 Å². The van der Waals surface area contributed by atoms with Gasteiger partial charge in [-0.15, -0.1) is 0 Å². The summed E-state index contributed by atoms with van der Waals surface area (Å²) in [5.74, 6) is 0. The molecule has 21 heavy (non-hydrogen) atoms. The largest absolute Gasteiger partial charge is 0.444 e. The van der Waals surface area contributed by atoms with Crippen LogP contribution in [0.3, 0.4) is 0 Å². The summed E-state index contributed by atoms with van der Waals surface area (Å²) in [7, 11) is 0. The van der Waals surface area contributed by atoms with Crippen LogP contribution in [0.4, 0.5) is 9.18 Å². The number of likely N-dealkylation sites (tertiary alicyclic amines) is 2. The van der Waals surface area contributed by atoms with Gasteiger partial charge in [0.1, 0.15) is 18.0 Å². The van der Waals surface area contributed by atoms with Crippen LogP contribution in [0.5, 0.6) is 0 Å². The molecule has 0 spiro atoms. The Morgan fingerprint density at radius 3 is 2.38 bits per heavy atom. The summed E-state index contributed by atoms with van der Waals surface area (Å²) in [6, 6.07) is -0.462. The van der Waals surface area contributed by atoms with Gasteiger partial charge in [-0.25, -0.2) is 9.18 Å². The predicted octanol–water partition coefficient (Wildman–Crippen LogP) is 0.719. The fourth-order valence-corrected chi connectivity index (χ4v) is 2.90. The van der Waals surface area contributed by atoms with E-state index in [-0.39, 0.29) is 6.54 Å². The SMILES string of the molecule is CC(C)(C)OC(=O)N1CCC(N2CC[C@@H](O)C2O)[C@H](F)C1. The molecular formula is C14H25FN2O4. The summed E-state index contributed by atoms with van der Waals surface area (Å²) in [6.07, 6.45) is -2.73. The van der Waals surface area contributed by atoms with E-state index in [4.69, 9.17) is 4.74 Å². The number of aliphatic hydroxyl groups excluding tert-OH is 2. The van der Waals surface area contributed by atoms with Crippen LogP contribution in [-0.2, 0) is 4.74 Å². The van der Waals surface area contributed by atoms with Gasteiger partial charge in [0.2, 0.25) is 0 Å². The molecule has 1 amide bonds. The van der Waals surface area contributed by atoms with Gasteiger partial charge in [-0.05, 0) is 33.6 Å². The molecule has 0 aliphatic carbocycles. The fraction of sp³-hybridized carbons (Fsp3) is 0.929. The Bertz CT molecular complexity index is 388. The average molecular weight is 304 g/mol. The van der Waals surface area contributed by atoms with Gasteiger partial charge in [-0.1, -0.05) is 0 Å². The Balaban J connectivity index is 1.92. The zero-order chi connectivity index (χ0) is 15.8. The molecule has 0 bridgehead atoms. The molecule has 2 aliphatic rings. The molecule has 0 aromatic heterocycles. The Kier molecular flexibility index (Phi) is 4.75. The molecule has 0 aromatic rings. The second-order valence-electron chi connectivity index (χ2n) is 6.81. The van der Waals surface area contributed by atoms with Crippen LogP contribution in [-0.4, -0.2) is 75.9 Å². The lowest BCUT2D eigenvalue weighted by atomic mass is 10.0. The molecular weight excluding hydrogens is 279 g/mol. The third-order valence-corrected chi connectivity index (χ3v) is 3.95. The lowest BCUT2D eigenvalue weighted by Crippen LogP contribution is -2.56. The number of carbonyl (C=O) groups is 1. The highest BCUT2D eigenvalue weighted by Crippen LogP contribution is 2.27. The number of hydrogen-bond donors (Lipinski definition) is 2. The highest BCUT2D eigenvalue weighted by atomic mass is 19.1. The maximum Gasteiger partial charge on any atom is 0.410 e. The maximum absolute atomic E-state index is 14.4. The zero-order valence-corrected chi connectivity index (χ0v) is 12.8. The minimum Gasteiger partial charge on any atom is -0.444 e. The van der Waals surface area contributed by atoms with Crippen LogP contribution in [0.15, 0.2) is 0 Å². The molecule has 4 atom stereocenters. The number of alkyl halides is 1. The first-order valence-corrected chi connectivity index (χ1v) is 7.43. The lowest BCUT2D eigenvalue weighted by molar-refractivity contribution is -0.0805. The minimum absolute atomic E-state index is 0.0428. The third-order valence-electron chi connectivity index (χ3n) is 3.95. The maximum atomic E-state index is 14.4. The molecule has 0 aromatic carbocycles. The minimum atomic E-state index is -1.26. The van der Waals surface area contributed by atoms with Crippen molar-refractivity contribution in [3.8, 4) is 0 Å². The predicted molar refractivity (Wildman–Crippen MR) is 74.4 cm³/mol. The number of amides is 1. The van der Waals surface area contributed by atoms with Crippen molar-refractivity contribution in [2.45, 2.75) is 63.8 Å². The number of rotatable bonds is 1. The number of hydrogen-bond acceptors (Lipinski definition) is 5. The molecule has 122 valence electrons. The first-order chi connectivity index (χ1) is 9.69. The fourth-order valence-electron chi connectivity index (χ4n) is 2.90. The topological polar surface area (TPSA) is 73.2 Å². The number of carbonyl (C=O) groups excluding carboxylic acids is 1. The Morgan fingerprint density at radius 2 is 1.90 bits per heavy atom. The van der Waals surface area contributed by atoms with Crippen LogP contribution < -0.4 is 0 Å². The molecule has 2 fully saturated rings. The highest BCUT2D eigenvalue weighted by Gasteiger charge is 2.42. The van der Waals surface area contributed by atoms with E-state index in [9.17, 15) is 19.4 Å². The van der Waals surface area contributed by atoms with Crippen LogP contribution in [0.1, 0.15) is 33.6 Å². The van der Waals surface area contributed by atoms with E-state index >= 15 is 0 Å². The summed E-state index contributed by atoms with van der Waals surface area (Å²) in [5, 5.41) is 19.4. The van der Waals surface area contributed by atoms with Crippen LogP contribution >= 0.6 is 0 Å². The van der Waals surface area contributed by atoms with E-state index in [1.165, 1.54) is 4.90 Å². The molecule has 2 N–H and O–H groups in total. The van der Waals surface area contributed by atoms with Crippen LogP contribution in [0, 0.1) is 0 Å². The van der Waals surface area contributed by atoms with E-state index in [1.807, 2.05) is 0 Å². The number of piperidine rings is 1. The molecule has 2 saturated heterocycles. The normalized spacial score (nSPS) is 35.0. The lowest BCUT2D eigenvalue weighted by Gasteiger charge is -2.40. The average Bonchev–Trinajstić information content (AvgIpc) is 2.68.